The third kappa shape index (κ3) is 5.74. The Labute approximate surface area is 274 Å². The van der Waals surface area contributed by atoms with E-state index in [1.165, 1.54) is 21.2 Å². The number of carbonyl (C=O) groups is 4. The molecular formula is C34H32N4O6S2. The summed E-state index contributed by atoms with van der Waals surface area (Å²) in [5.41, 5.74) is 4.10. The number of imide groups is 1. The minimum absolute atomic E-state index is 0.253. The van der Waals surface area contributed by atoms with Gasteiger partial charge in [-0.1, -0.05) is 52.9 Å². The van der Waals surface area contributed by atoms with Crippen molar-refractivity contribution in [3.05, 3.63) is 104 Å². The summed E-state index contributed by atoms with van der Waals surface area (Å²) in [5, 5.41) is 2.51. The molecule has 10 nitrogen and oxygen atoms in total. The largest absolute Gasteiger partial charge is 0.462 e. The van der Waals surface area contributed by atoms with E-state index in [0.29, 0.717) is 26.8 Å². The molecule has 3 amide bonds. The van der Waals surface area contributed by atoms with Crippen LogP contribution in [0.4, 0.5) is 17.1 Å². The Kier molecular flexibility index (Phi) is 8.58. The van der Waals surface area contributed by atoms with Crippen LogP contribution in [0.25, 0.3) is 0 Å². The highest BCUT2D eigenvalue weighted by atomic mass is 32.2. The second-order valence-electron chi connectivity index (χ2n) is 11.3. The number of fused-ring (bicyclic) bond motifs is 2. The van der Waals surface area contributed by atoms with E-state index in [9.17, 15) is 24.0 Å². The SMILES string of the molecule is CCOC(=O)c1ccc(NC(=O)Cn2c3c(sc2=O)[C@H](c2ccc(N(C)C)cc2)C2C(=O)N(c4ccc(C)cc4)C(=O)C2S3)cc1. The molecule has 0 aliphatic carbocycles. The van der Waals surface area contributed by atoms with Gasteiger partial charge in [0.1, 0.15) is 11.8 Å². The van der Waals surface area contributed by atoms with Crippen molar-refractivity contribution in [1.82, 2.24) is 4.57 Å². The smallest absolute Gasteiger partial charge is 0.338 e. The van der Waals surface area contributed by atoms with Gasteiger partial charge in [0, 0.05) is 36.3 Å². The molecule has 4 aromatic rings. The maximum Gasteiger partial charge on any atom is 0.338 e. The molecule has 46 heavy (non-hydrogen) atoms. The molecule has 3 atom stereocenters. The summed E-state index contributed by atoms with van der Waals surface area (Å²) in [4.78, 5) is 70.2. The molecule has 1 fully saturated rings. The van der Waals surface area contributed by atoms with Crippen molar-refractivity contribution in [2.24, 2.45) is 5.92 Å². The van der Waals surface area contributed by atoms with E-state index >= 15 is 0 Å². The number of thiazole rings is 1. The first-order chi connectivity index (χ1) is 22.1. The highest BCUT2D eigenvalue weighted by molar-refractivity contribution is 8.00. The number of hydrogen-bond donors (Lipinski definition) is 1. The summed E-state index contributed by atoms with van der Waals surface area (Å²) >= 11 is 2.18. The molecule has 3 heterocycles. The first-order valence-electron chi connectivity index (χ1n) is 14.8. The summed E-state index contributed by atoms with van der Waals surface area (Å²) in [7, 11) is 3.87. The number of nitrogens with one attached hydrogen (secondary N) is 1. The first-order valence-corrected chi connectivity index (χ1v) is 16.5. The fourth-order valence-electron chi connectivity index (χ4n) is 5.79. The van der Waals surface area contributed by atoms with Crippen molar-refractivity contribution in [2.45, 2.75) is 36.6 Å². The number of amides is 3. The van der Waals surface area contributed by atoms with Crippen LogP contribution in [-0.4, -0.2) is 54.2 Å². The number of aromatic nitrogens is 1. The number of thioether (sulfide) groups is 1. The lowest BCUT2D eigenvalue weighted by Gasteiger charge is -2.31. The van der Waals surface area contributed by atoms with Crippen LogP contribution in [-0.2, 0) is 25.7 Å². The van der Waals surface area contributed by atoms with Gasteiger partial charge in [0.2, 0.25) is 17.7 Å². The standard InChI is InChI=1S/C34H32N4O6S2/c1-5-44-33(42)21-8-12-22(13-9-21)35-25(39)18-37-32-29(46-34(37)43)26(20-10-16-23(17-11-20)36(3)4)27-28(45-32)31(41)38(30(27)40)24-14-6-19(2)7-15-24/h6-17,26-28H,5,18H2,1-4H3,(H,35,39)/t26-,27?,28?/m1/s1. The van der Waals surface area contributed by atoms with Crippen molar-refractivity contribution < 1.29 is 23.9 Å². The average molecular weight is 657 g/mol. The summed E-state index contributed by atoms with van der Waals surface area (Å²) in [6.45, 7) is 3.62. The van der Waals surface area contributed by atoms with E-state index in [1.54, 1.807) is 43.3 Å². The molecule has 3 aromatic carbocycles. The van der Waals surface area contributed by atoms with Gasteiger partial charge in [0.15, 0.2) is 0 Å². The van der Waals surface area contributed by atoms with Gasteiger partial charge < -0.3 is 15.0 Å². The Hall–Kier alpha value is -4.68. The van der Waals surface area contributed by atoms with Crippen molar-refractivity contribution >= 4 is 63.9 Å². The van der Waals surface area contributed by atoms with Crippen LogP contribution in [0.3, 0.4) is 0 Å². The summed E-state index contributed by atoms with van der Waals surface area (Å²) < 4.78 is 6.39. The molecular weight excluding hydrogens is 625 g/mol. The molecule has 12 heteroatoms. The lowest BCUT2D eigenvalue weighted by atomic mass is 9.83. The number of benzene rings is 3. The third-order valence-corrected chi connectivity index (χ3v) is 10.7. The zero-order valence-electron chi connectivity index (χ0n) is 25.7. The van der Waals surface area contributed by atoms with Crippen LogP contribution in [0.5, 0.6) is 0 Å². The highest BCUT2D eigenvalue weighted by Crippen LogP contribution is 2.54. The van der Waals surface area contributed by atoms with E-state index in [1.807, 2.05) is 62.3 Å². The number of anilines is 3. The molecule has 1 N–H and O–H groups in total. The second kappa shape index (κ2) is 12.6. The fraction of sp³-hybridized carbons (Fsp3) is 0.265. The van der Waals surface area contributed by atoms with Gasteiger partial charge >= 0.3 is 10.8 Å². The minimum atomic E-state index is -0.779. The maximum absolute atomic E-state index is 14.1. The van der Waals surface area contributed by atoms with Gasteiger partial charge in [-0.25, -0.2) is 9.69 Å². The number of rotatable bonds is 8. The van der Waals surface area contributed by atoms with Gasteiger partial charge in [-0.2, -0.15) is 0 Å². The van der Waals surface area contributed by atoms with Gasteiger partial charge in [0.25, 0.3) is 0 Å². The van der Waals surface area contributed by atoms with Crippen molar-refractivity contribution in [2.75, 3.05) is 35.8 Å². The Morgan fingerprint density at radius 2 is 1.59 bits per heavy atom. The fourth-order valence-corrected chi connectivity index (χ4v) is 8.56. The van der Waals surface area contributed by atoms with Crippen molar-refractivity contribution in [3.8, 4) is 0 Å². The van der Waals surface area contributed by atoms with Crippen molar-refractivity contribution in [1.29, 1.82) is 0 Å². The van der Waals surface area contributed by atoms with Gasteiger partial charge in [-0.15, -0.1) is 0 Å². The van der Waals surface area contributed by atoms with E-state index in [4.69, 9.17) is 4.74 Å². The number of carbonyl (C=O) groups excluding carboxylic acids is 4. The van der Waals surface area contributed by atoms with Gasteiger partial charge in [0.05, 0.1) is 28.8 Å². The Balaban J connectivity index is 1.34. The molecule has 0 spiro atoms. The molecule has 0 radical (unpaired) electrons. The van der Waals surface area contributed by atoms with Crippen molar-refractivity contribution in [3.63, 3.8) is 0 Å². The molecule has 2 aliphatic heterocycles. The molecule has 236 valence electrons. The maximum atomic E-state index is 14.1. The van der Waals surface area contributed by atoms with Crippen LogP contribution in [0, 0.1) is 12.8 Å². The molecule has 1 saturated heterocycles. The Morgan fingerprint density at radius 3 is 2.22 bits per heavy atom. The Morgan fingerprint density at radius 1 is 0.913 bits per heavy atom. The predicted molar refractivity (Wildman–Crippen MR) is 179 cm³/mol. The van der Waals surface area contributed by atoms with E-state index in [-0.39, 0.29) is 29.8 Å². The number of nitrogens with zero attached hydrogens (tertiary/aromatic N) is 3. The lowest BCUT2D eigenvalue weighted by Crippen LogP contribution is -2.33. The zero-order valence-corrected chi connectivity index (χ0v) is 27.3. The van der Waals surface area contributed by atoms with Gasteiger partial charge in [-0.05, 0) is 67.9 Å². The average Bonchev–Trinajstić information content (AvgIpc) is 3.48. The predicted octanol–water partition coefficient (Wildman–Crippen LogP) is 4.90. The third-order valence-electron chi connectivity index (χ3n) is 8.09. The van der Waals surface area contributed by atoms with Crippen LogP contribution < -0.4 is 20.0 Å². The van der Waals surface area contributed by atoms with Crippen LogP contribution >= 0.6 is 23.1 Å². The molecule has 0 saturated carbocycles. The van der Waals surface area contributed by atoms with Gasteiger partial charge in [-0.3, -0.25) is 23.7 Å². The first kappa shape index (κ1) is 31.3. The number of esters is 1. The van der Waals surface area contributed by atoms with E-state index in [2.05, 4.69) is 5.32 Å². The number of ether oxygens (including phenoxy) is 1. The molecule has 1 aromatic heterocycles. The van der Waals surface area contributed by atoms with E-state index < -0.39 is 29.0 Å². The minimum Gasteiger partial charge on any atom is -0.462 e. The normalized spacial score (nSPS) is 18.6. The number of hydrogen-bond acceptors (Lipinski definition) is 9. The van der Waals surface area contributed by atoms with Crippen LogP contribution in [0.15, 0.2) is 82.6 Å². The van der Waals surface area contributed by atoms with E-state index in [0.717, 1.165) is 28.2 Å². The Bertz CT molecular complexity index is 1880. The second-order valence-corrected chi connectivity index (χ2v) is 13.5. The summed E-state index contributed by atoms with van der Waals surface area (Å²) in [6, 6.07) is 21.3. The molecule has 6 rings (SSSR count). The summed E-state index contributed by atoms with van der Waals surface area (Å²) in [5.74, 6) is -2.84. The molecule has 0 bridgehead atoms. The zero-order chi connectivity index (χ0) is 32.7. The monoisotopic (exact) mass is 656 g/mol. The van der Waals surface area contributed by atoms with Crippen LogP contribution in [0.2, 0.25) is 0 Å². The summed E-state index contributed by atoms with van der Waals surface area (Å²) in [6.07, 6.45) is 0. The molecule has 2 aliphatic rings. The molecule has 2 unspecified atom stereocenters. The highest BCUT2D eigenvalue weighted by Gasteiger charge is 2.56. The topological polar surface area (TPSA) is 118 Å². The number of aryl methyl sites for hydroxylation is 1. The quantitative estimate of drug-likeness (QED) is 0.210. The lowest BCUT2D eigenvalue weighted by molar-refractivity contribution is -0.122. The van der Waals surface area contributed by atoms with Crippen LogP contribution in [0.1, 0.15) is 39.2 Å².